The molecule has 3 rings (SSSR count). The topological polar surface area (TPSA) is 101 Å². The Morgan fingerprint density at radius 2 is 1.61 bits per heavy atom. The minimum absolute atomic E-state index is 0.179. The van der Waals surface area contributed by atoms with Crippen LogP contribution in [-0.4, -0.2) is 15.9 Å². The second-order valence-electron chi connectivity index (χ2n) is 5.93. The Labute approximate surface area is 159 Å². The van der Waals surface area contributed by atoms with E-state index >= 15 is 0 Å². The van der Waals surface area contributed by atoms with Crippen molar-refractivity contribution in [1.82, 2.24) is 4.98 Å². The van der Waals surface area contributed by atoms with E-state index < -0.39 is 23.4 Å². The number of nitrogens with zero attached hydrogens (tertiary/aromatic N) is 1. The van der Waals surface area contributed by atoms with Crippen LogP contribution in [0.5, 0.6) is 23.3 Å². The Balaban J connectivity index is 1.96. The number of halogens is 2. The van der Waals surface area contributed by atoms with E-state index in [0.29, 0.717) is 11.1 Å². The third kappa shape index (κ3) is 4.07. The van der Waals surface area contributed by atoms with E-state index in [1.807, 2.05) is 0 Å². The molecule has 0 saturated carbocycles. The standard InChI is InChI=1S/C20H17F2N3O3/c1-11-16(21)19(27-14-6-2-4-12(8-14)10-26)25-20(17(11)22)28-15-7-3-5-13(9-15)18(23)24/h2-9,26H,10H2,1H3,(H3,23,24). The summed E-state index contributed by atoms with van der Waals surface area (Å²) in [4.78, 5) is 3.81. The summed E-state index contributed by atoms with van der Waals surface area (Å²) in [5, 5.41) is 16.6. The molecule has 144 valence electrons. The highest BCUT2D eigenvalue weighted by Gasteiger charge is 2.21. The van der Waals surface area contributed by atoms with E-state index in [0.717, 1.165) is 0 Å². The summed E-state index contributed by atoms with van der Waals surface area (Å²) in [6.45, 7) is 1.03. The van der Waals surface area contributed by atoms with Crippen LogP contribution in [0.1, 0.15) is 16.7 Å². The number of aliphatic hydroxyl groups is 1. The summed E-state index contributed by atoms with van der Waals surface area (Å²) in [6, 6.07) is 12.5. The fourth-order valence-electron chi connectivity index (χ4n) is 2.40. The number of rotatable bonds is 6. The van der Waals surface area contributed by atoms with Crippen molar-refractivity contribution < 1.29 is 23.4 Å². The molecular formula is C20H17F2N3O3. The number of benzene rings is 2. The zero-order chi connectivity index (χ0) is 20.3. The number of nitrogens with two attached hydrogens (primary N) is 1. The molecule has 0 fully saturated rings. The maximum atomic E-state index is 14.5. The van der Waals surface area contributed by atoms with Crippen molar-refractivity contribution >= 4 is 5.84 Å². The number of nitrogens with one attached hydrogen (secondary N) is 1. The summed E-state index contributed by atoms with van der Waals surface area (Å²) in [7, 11) is 0. The average Bonchev–Trinajstić information content (AvgIpc) is 2.70. The van der Waals surface area contributed by atoms with Gasteiger partial charge < -0.3 is 20.3 Å². The Morgan fingerprint density at radius 1 is 1.04 bits per heavy atom. The quantitative estimate of drug-likeness (QED) is 0.439. The van der Waals surface area contributed by atoms with Crippen LogP contribution >= 0.6 is 0 Å². The fraction of sp³-hybridized carbons (Fsp3) is 0.100. The van der Waals surface area contributed by atoms with Crippen LogP contribution in [0.25, 0.3) is 0 Å². The molecule has 0 atom stereocenters. The number of nitrogen functional groups attached to an aromatic ring is 1. The van der Waals surface area contributed by atoms with E-state index in [1.54, 1.807) is 30.3 Å². The lowest BCUT2D eigenvalue weighted by Crippen LogP contribution is -2.10. The summed E-state index contributed by atoms with van der Waals surface area (Å²) in [5.41, 5.74) is 6.06. The van der Waals surface area contributed by atoms with E-state index in [-0.39, 0.29) is 29.5 Å². The van der Waals surface area contributed by atoms with Gasteiger partial charge in [0.25, 0.3) is 11.8 Å². The van der Waals surface area contributed by atoms with Gasteiger partial charge in [-0.05, 0) is 36.8 Å². The molecule has 6 nitrogen and oxygen atoms in total. The molecule has 1 aromatic heterocycles. The molecule has 1 heterocycles. The fourth-order valence-corrected chi connectivity index (χ4v) is 2.40. The number of ether oxygens (including phenoxy) is 2. The van der Waals surface area contributed by atoms with Crippen LogP contribution in [0.3, 0.4) is 0 Å². The number of hydrogen-bond donors (Lipinski definition) is 3. The van der Waals surface area contributed by atoms with Crippen molar-refractivity contribution in [3.05, 3.63) is 76.9 Å². The lowest BCUT2D eigenvalue weighted by molar-refractivity contribution is 0.281. The molecule has 3 aromatic rings. The number of aliphatic hydroxyl groups excluding tert-OH is 1. The lowest BCUT2D eigenvalue weighted by Gasteiger charge is -2.13. The molecule has 0 aliphatic heterocycles. The van der Waals surface area contributed by atoms with Crippen molar-refractivity contribution in [3.63, 3.8) is 0 Å². The second kappa shape index (κ2) is 8.01. The van der Waals surface area contributed by atoms with E-state index in [1.165, 1.54) is 25.1 Å². The van der Waals surface area contributed by atoms with E-state index in [4.69, 9.17) is 20.6 Å². The van der Waals surface area contributed by atoms with Crippen molar-refractivity contribution in [2.45, 2.75) is 13.5 Å². The van der Waals surface area contributed by atoms with Crippen LogP contribution in [0.15, 0.2) is 48.5 Å². The van der Waals surface area contributed by atoms with Gasteiger partial charge >= 0.3 is 0 Å². The Bertz CT molecular complexity index is 1040. The van der Waals surface area contributed by atoms with Gasteiger partial charge in [-0.15, -0.1) is 0 Å². The van der Waals surface area contributed by atoms with Crippen molar-refractivity contribution in [3.8, 4) is 23.3 Å². The lowest BCUT2D eigenvalue weighted by atomic mass is 10.2. The van der Waals surface area contributed by atoms with Gasteiger partial charge in [0.2, 0.25) is 0 Å². The van der Waals surface area contributed by atoms with Gasteiger partial charge in [0, 0.05) is 11.1 Å². The average molecular weight is 385 g/mol. The predicted octanol–water partition coefficient (Wildman–Crippen LogP) is 4.03. The molecule has 0 spiro atoms. The summed E-state index contributed by atoms with van der Waals surface area (Å²) >= 11 is 0. The maximum absolute atomic E-state index is 14.5. The molecule has 0 amide bonds. The van der Waals surface area contributed by atoms with Gasteiger partial charge in [0.15, 0.2) is 11.6 Å². The molecule has 0 aliphatic rings. The van der Waals surface area contributed by atoms with Crippen LogP contribution in [0, 0.1) is 24.0 Å². The third-order valence-corrected chi connectivity index (χ3v) is 3.89. The van der Waals surface area contributed by atoms with Crippen LogP contribution in [-0.2, 0) is 6.61 Å². The summed E-state index contributed by atoms with van der Waals surface area (Å²) < 4.78 is 39.8. The first-order valence-electron chi connectivity index (χ1n) is 8.24. The molecular weight excluding hydrogens is 368 g/mol. The van der Waals surface area contributed by atoms with Gasteiger partial charge in [-0.2, -0.15) is 4.98 Å². The number of hydrogen-bond acceptors (Lipinski definition) is 5. The van der Waals surface area contributed by atoms with Crippen LogP contribution in [0.4, 0.5) is 8.78 Å². The molecule has 0 saturated heterocycles. The van der Waals surface area contributed by atoms with E-state index in [2.05, 4.69) is 4.98 Å². The zero-order valence-electron chi connectivity index (χ0n) is 14.9. The minimum atomic E-state index is -0.970. The smallest absolute Gasteiger partial charge is 0.259 e. The van der Waals surface area contributed by atoms with E-state index in [9.17, 15) is 13.9 Å². The van der Waals surface area contributed by atoms with Gasteiger partial charge in [-0.25, -0.2) is 8.78 Å². The van der Waals surface area contributed by atoms with Crippen LogP contribution < -0.4 is 15.2 Å². The Kier molecular flexibility index (Phi) is 5.51. The number of aromatic nitrogens is 1. The molecule has 8 heteroatoms. The molecule has 4 N–H and O–H groups in total. The van der Waals surface area contributed by atoms with Crippen LogP contribution in [0.2, 0.25) is 0 Å². The monoisotopic (exact) mass is 385 g/mol. The molecule has 0 aliphatic carbocycles. The molecule has 2 aromatic carbocycles. The highest BCUT2D eigenvalue weighted by atomic mass is 19.1. The first-order chi connectivity index (χ1) is 13.4. The maximum Gasteiger partial charge on any atom is 0.259 e. The molecule has 0 unspecified atom stereocenters. The zero-order valence-corrected chi connectivity index (χ0v) is 14.9. The largest absolute Gasteiger partial charge is 0.436 e. The normalized spacial score (nSPS) is 10.6. The van der Waals surface area contributed by atoms with Crippen molar-refractivity contribution in [2.24, 2.45) is 5.73 Å². The molecule has 0 bridgehead atoms. The number of amidine groups is 1. The molecule has 0 radical (unpaired) electrons. The van der Waals surface area contributed by atoms with Gasteiger partial charge in [0.05, 0.1) is 6.61 Å². The Morgan fingerprint density at radius 3 is 2.18 bits per heavy atom. The second-order valence-corrected chi connectivity index (χ2v) is 5.93. The highest BCUT2D eigenvalue weighted by molar-refractivity contribution is 5.95. The van der Waals surface area contributed by atoms with Crippen molar-refractivity contribution in [2.75, 3.05) is 0 Å². The van der Waals surface area contributed by atoms with Crippen molar-refractivity contribution in [1.29, 1.82) is 5.41 Å². The predicted molar refractivity (Wildman–Crippen MR) is 98.9 cm³/mol. The first kappa shape index (κ1) is 19.2. The summed E-state index contributed by atoms with van der Waals surface area (Å²) in [5.74, 6) is -2.65. The highest BCUT2D eigenvalue weighted by Crippen LogP contribution is 2.33. The first-order valence-corrected chi connectivity index (χ1v) is 8.24. The summed E-state index contributed by atoms with van der Waals surface area (Å²) in [6.07, 6.45) is 0. The van der Waals surface area contributed by atoms with Gasteiger partial charge in [0.1, 0.15) is 17.3 Å². The van der Waals surface area contributed by atoms with Gasteiger partial charge in [-0.1, -0.05) is 24.3 Å². The molecule has 28 heavy (non-hydrogen) atoms. The minimum Gasteiger partial charge on any atom is -0.436 e. The van der Waals surface area contributed by atoms with Gasteiger partial charge in [-0.3, -0.25) is 5.41 Å². The number of pyridine rings is 1. The third-order valence-electron chi connectivity index (χ3n) is 3.89. The Hall–Kier alpha value is -3.52. The SMILES string of the molecule is Cc1c(F)c(Oc2cccc(CO)c2)nc(Oc2cccc(C(=N)N)c2)c1F.